The molecule has 0 saturated carbocycles. The summed E-state index contributed by atoms with van der Waals surface area (Å²) in [6, 6.07) is 20.0. The van der Waals surface area contributed by atoms with Crippen molar-refractivity contribution in [2.75, 3.05) is 6.61 Å². The molecule has 1 heterocycles. The second-order valence-corrected chi connectivity index (χ2v) is 8.63. The summed E-state index contributed by atoms with van der Waals surface area (Å²) >= 11 is 6.34. The van der Waals surface area contributed by atoms with Crippen LogP contribution in [-0.4, -0.2) is 24.5 Å². The van der Waals surface area contributed by atoms with E-state index in [2.05, 4.69) is 17.4 Å². The van der Waals surface area contributed by atoms with Crippen LogP contribution < -0.4 is 49.5 Å². The quantitative estimate of drug-likeness (QED) is 0.473. The van der Waals surface area contributed by atoms with Crippen molar-refractivity contribution in [1.29, 1.82) is 0 Å². The molecule has 35 heavy (non-hydrogen) atoms. The third kappa shape index (κ3) is 6.79. The molecule has 0 bridgehead atoms. The van der Waals surface area contributed by atoms with Gasteiger partial charge in [-0.15, -0.1) is 0 Å². The Bertz CT molecular complexity index is 1170. The minimum Gasteiger partial charge on any atom is -0.549 e. The molecule has 3 aromatic rings. The van der Waals surface area contributed by atoms with Crippen LogP contribution in [-0.2, 0) is 11.2 Å². The zero-order valence-corrected chi connectivity index (χ0v) is 22.5. The second kappa shape index (κ2) is 12.5. The fourth-order valence-electron chi connectivity index (χ4n) is 3.98. The summed E-state index contributed by atoms with van der Waals surface area (Å²) in [4.78, 5) is 24.1. The van der Waals surface area contributed by atoms with Crippen LogP contribution >= 0.6 is 11.6 Å². The zero-order chi connectivity index (χ0) is 24.1. The largest absolute Gasteiger partial charge is 1.00 e. The van der Waals surface area contributed by atoms with Crippen LogP contribution in [0.3, 0.4) is 0 Å². The maximum atomic E-state index is 12.7. The molecule has 8 heteroatoms. The monoisotopic (exact) mass is 501 g/mol. The normalized spacial score (nSPS) is 15.1. The van der Waals surface area contributed by atoms with Gasteiger partial charge in [-0.3, -0.25) is 4.79 Å². The second-order valence-electron chi connectivity index (χ2n) is 8.22. The van der Waals surface area contributed by atoms with Crippen LogP contribution in [0.2, 0.25) is 5.02 Å². The molecule has 0 aliphatic carbocycles. The average molecular weight is 502 g/mol. The van der Waals surface area contributed by atoms with Crippen molar-refractivity contribution in [1.82, 2.24) is 5.32 Å². The van der Waals surface area contributed by atoms with Crippen LogP contribution in [0, 0.1) is 0 Å². The molecular weight excluding hydrogens is 477 g/mol. The number of halogens is 1. The van der Waals surface area contributed by atoms with Gasteiger partial charge < -0.3 is 24.7 Å². The molecule has 0 aromatic heterocycles. The number of amides is 1. The summed E-state index contributed by atoms with van der Waals surface area (Å²) in [6.07, 6.45) is 1.92. The maximum Gasteiger partial charge on any atom is 1.00 e. The third-order valence-corrected chi connectivity index (χ3v) is 6.18. The Morgan fingerprint density at radius 1 is 1.14 bits per heavy atom. The number of aliphatic carboxylic acids is 1. The van der Waals surface area contributed by atoms with E-state index >= 15 is 0 Å². The van der Waals surface area contributed by atoms with Gasteiger partial charge in [0.05, 0.1) is 11.6 Å². The van der Waals surface area contributed by atoms with Crippen LogP contribution in [0.1, 0.15) is 47.2 Å². The van der Waals surface area contributed by atoms with E-state index in [1.54, 1.807) is 36.4 Å². The number of fused-ring (bicyclic) bond motifs is 1. The van der Waals surface area contributed by atoms with Crippen molar-refractivity contribution < 1.29 is 53.7 Å². The van der Waals surface area contributed by atoms with E-state index in [0.29, 0.717) is 34.8 Å². The van der Waals surface area contributed by atoms with Gasteiger partial charge in [0.2, 0.25) is 0 Å². The number of carboxylic acid groups (broad SMARTS) is 1. The van der Waals surface area contributed by atoms with E-state index in [1.165, 1.54) is 5.56 Å². The van der Waals surface area contributed by atoms with Crippen LogP contribution in [0.15, 0.2) is 66.7 Å². The van der Waals surface area contributed by atoms with Crippen molar-refractivity contribution >= 4 is 23.5 Å². The van der Waals surface area contributed by atoms with Gasteiger partial charge in [-0.2, -0.15) is 0 Å². The minimum atomic E-state index is -1.16. The minimum absolute atomic E-state index is 0. The van der Waals surface area contributed by atoms with Gasteiger partial charge >= 0.3 is 29.6 Å². The summed E-state index contributed by atoms with van der Waals surface area (Å²) in [5.74, 6) is -0.825. The van der Waals surface area contributed by atoms with E-state index in [0.717, 1.165) is 12.8 Å². The van der Waals surface area contributed by atoms with Gasteiger partial charge in [-0.1, -0.05) is 48.9 Å². The molecule has 1 N–H and O–H groups in total. The summed E-state index contributed by atoms with van der Waals surface area (Å²) in [5.41, 5.74) is 2.18. The number of rotatable bonds is 8. The van der Waals surface area contributed by atoms with Gasteiger partial charge in [0.1, 0.15) is 17.2 Å². The molecule has 176 valence electrons. The zero-order valence-electron chi connectivity index (χ0n) is 19.8. The molecule has 1 aliphatic rings. The number of carbonyl (C=O) groups excluding carboxylic acids is 2. The number of carboxylic acids is 1. The van der Waals surface area contributed by atoms with E-state index < -0.39 is 11.9 Å². The van der Waals surface area contributed by atoms with E-state index in [1.807, 2.05) is 25.1 Å². The molecular formula is C27H25ClNNaO5. The van der Waals surface area contributed by atoms with Crippen molar-refractivity contribution in [3.63, 3.8) is 0 Å². The Morgan fingerprint density at radius 2 is 1.86 bits per heavy atom. The Hall–Kier alpha value is -2.51. The first kappa shape index (κ1) is 27.1. The van der Waals surface area contributed by atoms with E-state index in [4.69, 9.17) is 21.1 Å². The first-order valence-electron chi connectivity index (χ1n) is 11.2. The molecule has 1 aliphatic heterocycles. The molecule has 0 saturated heterocycles. The molecule has 2 atom stereocenters. The third-order valence-electron chi connectivity index (χ3n) is 5.89. The van der Waals surface area contributed by atoms with Gasteiger partial charge in [-0.25, -0.2) is 0 Å². The van der Waals surface area contributed by atoms with Crippen molar-refractivity contribution in [3.8, 4) is 17.2 Å². The number of hydrogen-bond donors (Lipinski definition) is 1. The van der Waals surface area contributed by atoms with Crippen molar-refractivity contribution in [2.24, 2.45) is 0 Å². The van der Waals surface area contributed by atoms with Gasteiger partial charge in [0.15, 0.2) is 0 Å². The number of hydrogen-bond acceptors (Lipinski definition) is 5. The summed E-state index contributed by atoms with van der Waals surface area (Å²) < 4.78 is 11.5. The fraction of sp³-hybridized carbons (Fsp3) is 0.259. The van der Waals surface area contributed by atoms with E-state index in [-0.39, 0.29) is 53.1 Å². The van der Waals surface area contributed by atoms with Crippen molar-refractivity contribution in [2.45, 2.75) is 38.1 Å². The Morgan fingerprint density at radius 3 is 2.51 bits per heavy atom. The molecule has 0 spiro atoms. The topological polar surface area (TPSA) is 87.7 Å². The molecule has 1 amide bonds. The van der Waals surface area contributed by atoms with Gasteiger partial charge in [-0.05, 0) is 55.2 Å². The Labute approximate surface area is 231 Å². The van der Waals surface area contributed by atoms with Crippen molar-refractivity contribution in [3.05, 3.63) is 88.4 Å². The molecule has 4 rings (SSSR count). The van der Waals surface area contributed by atoms with E-state index in [9.17, 15) is 14.7 Å². The standard InChI is InChI=1S/C27H26ClNO5.Na/c1-2-19(14-17-6-4-3-5-7-17)29-26(30)18-8-10-20(11-9-18)34-25-16-24-22(15-23(25)28)21(27(31)32)12-13-33-24;/h3-11,15-16,19,21H,2,12-14H2,1H3,(H,29,30)(H,31,32);/q;+1/p-1. The average Bonchev–Trinajstić information content (AvgIpc) is 2.84. The molecule has 6 nitrogen and oxygen atoms in total. The van der Waals surface area contributed by atoms with Crippen LogP contribution in [0.25, 0.3) is 0 Å². The number of nitrogens with one attached hydrogen (secondary N) is 1. The summed E-state index contributed by atoms with van der Waals surface area (Å²) in [5, 5.41) is 14.7. The summed E-state index contributed by atoms with van der Waals surface area (Å²) in [7, 11) is 0. The first-order chi connectivity index (χ1) is 16.4. The molecule has 0 fully saturated rings. The molecule has 3 aromatic carbocycles. The summed E-state index contributed by atoms with van der Waals surface area (Å²) in [6.45, 7) is 2.32. The number of benzene rings is 3. The van der Waals surface area contributed by atoms with Crippen LogP contribution in [0.5, 0.6) is 17.2 Å². The Kier molecular flexibility index (Phi) is 9.63. The fourth-order valence-corrected chi connectivity index (χ4v) is 4.19. The number of carbonyl (C=O) groups is 2. The number of ether oxygens (including phenoxy) is 2. The SMILES string of the molecule is CCC(Cc1ccccc1)NC(=O)c1ccc(Oc2cc3c(cc2Cl)C(C(=O)[O-])CCO3)cc1.[Na+]. The van der Waals surface area contributed by atoms with Crippen LogP contribution in [0.4, 0.5) is 0 Å². The predicted molar refractivity (Wildman–Crippen MR) is 128 cm³/mol. The smallest absolute Gasteiger partial charge is 0.549 e. The molecule has 2 unspecified atom stereocenters. The Balaban J connectivity index is 0.00000342. The molecule has 0 radical (unpaired) electrons. The first-order valence-corrected chi connectivity index (χ1v) is 11.6. The maximum absolute atomic E-state index is 12.7. The van der Waals surface area contributed by atoms with Gasteiger partial charge in [0, 0.05) is 35.1 Å². The van der Waals surface area contributed by atoms with Gasteiger partial charge in [0.25, 0.3) is 5.91 Å². The predicted octanol–water partition coefficient (Wildman–Crippen LogP) is 1.50.